The summed E-state index contributed by atoms with van der Waals surface area (Å²) >= 11 is 0. The SMILES string of the molecule is O=C1OCC2=C1C(c1ccco1)C=CN2Cc1ccccc1. The van der Waals surface area contributed by atoms with Gasteiger partial charge in [0.1, 0.15) is 12.4 Å². The first-order valence-electron chi connectivity index (χ1n) is 7.25. The van der Waals surface area contributed by atoms with Gasteiger partial charge in [-0.15, -0.1) is 0 Å². The van der Waals surface area contributed by atoms with Crippen LogP contribution in [-0.2, 0) is 16.1 Å². The van der Waals surface area contributed by atoms with E-state index in [1.807, 2.05) is 42.6 Å². The van der Waals surface area contributed by atoms with Gasteiger partial charge in [-0.05, 0) is 17.7 Å². The molecule has 0 fully saturated rings. The third-order valence-corrected chi connectivity index (χ3v) is 4.03. The van der Waals surface area contributed by atoms with Gasteiger partial charge in [-0.3, -0.25) is 0 Å². The summed E-state index contributed by atoms with van der Waals surface area (Å²) in [6.07, 6.45) is 5.63. The first kappa shape index (κ1) is 13.0. The fourth-order valence-electron chi connectivity index (χ4n) is 2.96. The van der Waals surface area contributed by atoms with Crippen LogP contribution >= 0.6 is 0 Å². The van der Waals surface area contributed by atoms with Gasteiger partial charge in [-0.25, -0.2) is 4.79 Å². The lowest BCUT2D eigenvalue weighted by atomic mass is 9.92. The number of carbonyl (C=O) groups is 1. The Hall–Kier alpha value is -2.75. The number of hydrogen-bond acceptors (Lipinski definition) is 4. The van der Waals surface area contributed by atoms with Crippen molar-refractivity contribution in [2.75, 3.05) is 6.61 Å². The van der Waals surface area contributed by atoms with Gasteiger partial charge in [-0.2, -0.15) is 0 Å². The van der Waals surface area contributed by atoms with Crippen molar-refractivity contribution in [3.8, 4) is 0 Å². The Balaban J connectivity index is 1.68. The van der Waals surface area contributed by atoms with Gasteiger partial charge in [0.05, 0.1) is 23.5 Å². The maximum absolute atomic E-state index is 12.1. The lowest BCUT2D eigenvalue weighted by molar-refractivity contribution is -0.136. The van der Waals surface area contributed by atoms with Crippen molar-refractivity contribution >= 4 is 5.97 Å². The van der Waals surface area contributed by atoms with E-state index in [9.17, 15) is 4.79 Å². The molecule has 0 amide bonds. The minimum atomic E-state index is -0.251. The molecule has 0 N–H and O–H groups in total. The van der Waals surface area contributed by atoms with Gasteiger partial charge in [0.15, 0.2) is 0 Å². The summed E-state index contributed by atoms with van der Waals surface area (Å²) in [7, 11) is 0. The second-order valence-electron chi connectivity index (χ2n) is 5.38. The molecule has 0 bridgehead atoms. The molecule has 0 saturated carbocycles. The predicted molar refractivity (Wildman–Crippen MR) is 80.6 cm³/mol. The number of cyclic esters (lactones) is 1. The summed E-state index contributed by atoms with van der Waals surface area (Å²) in [4.78, 5) is 14.2. The summed E-state index contributed by atoms with van der Waals surface area (Å²) in [5, 5.41) is 0. The van der Waals surface area contributed by atoms with Crippen molar-refractivity contribution < 1.29 is 13.9 Å². The van der Waals surface area contributed by atoms with Crippen LogP contribution in [0.5, 0.6) is 0 Å². The molecule has 0 aliphatic carbocycles. The van der Waals surface area contributed by atoms with E-state index in [1.165, 1.54) is 5.56 Å². The Labute approximate surface area is 128 Å². The van der Waals surface area contributed by atoms with Crippen LogP contribution in [0.3, 0.4) is 0 Å². The van der Waals surface area contributed by atoms with E-state index in [0.29, 0.717) is 12.2 Å². The van der Waals surface area contributed by atoms with E-state index in [4.69, 9.17) is 9.15 Å². The largest absolute Gasteiger partial charge is 0.468 e. The van der Waals surface area contributed by atoms with Crippen LogP contribution in [0.2, 0.25) is 0 Å². The molecule has 1 atom stereocenters. The van der Waals surface area contributed by atoms with E-state index >= 15 is 0 Å². The first-order valence-corrected chi connectivity index (χ1v) is 7.25. The summed E-state index contributed by atoms with van der Waals surface area (Å²) in [6.45, 7) is 1.04. The van der Waals surface area contributed by atoms with Crippen LogP contribution in [-0.4, -0.2) is 17.5 Å². The van der Waals surface area contributed by atoms with Crippen LogP contribution in [0, 0.1) is 0 Å². The number of nitrogens with zero attached hydrogens (tertiary/aromatic N) is 1. The van der Waals surface area contributed by atoms with Gasteiger partial charge >= 0.3 is 5.97 Å². The number of hydrogen-bond donors (Lipinski definition) is 0. The molecule has 22 heavy (non-hydrogen) atoms. The highest BCUT2D eigenvalue weighted by Gasteiger charge is 2.37. The summed E-state index contributed by atoms with van der Waals surface area (Å²) in [5.74, 6) is 0.354. The standard InChI is InChI=1S/C18H15NO3/c20-18-17-14(16-7-4-10-21-16)8-9-19(15(17)12-22-18)11-13-5-2-1-3-6-13/h1-10,14H,11-12H2. The number of benzene rings is 1. The van der Waals surface area contributed by atoms with E-state index in [-0.39, 0.29) is 11.9 Å². The molecule has 2 aliphatic rings. The Morgan fingerprint density at radius 2 is 2.00 bits per heavy atom. The molecular weight excluding hydrogens is 278 g/mol. The van der Waals surface area contributed by atoms with Gasteiger partial charge < -0.3 is 14.1 Å². The van der Waals surface area contributed by atoms with E-state index < -0.39 is 0 Å². The topological polar surface area (TPSA) is 42.7 Å². The maximum atomic E-state index is 12.1. The average molecular weight is 293 g/mol. The van der Waals surface area contributed by atoms with Crippen LogP contribution in [0.25, 0.3) is 0 Å². The smallest absolute Gasteiger partial charge is 0.337 e. The Kier molecular flexibility index (Phi) is 3.07. The van der Waals surface area contributed by atoms with E-state index in [1.54, 1.807) is 6.26 Å². The van der Waals surface area contributed by atoms with Gasteiger partial charge in [0.25, 0.3) is 0 Å². The number of rotatable bonds is 3. The van der Waals surface area contributed by atoms with Gasteiger partial charge in [0.2, 0.25) is 0 Å². The van der Waals surface area contributed by atoms with Crippen molar-refractivity contribution in [2.45, 2.75) is 12.5 Å². The zero-order chi connectivity index (χ0) is 14.9. The number of allylic oxidation sites excluding steroid dienone is 1. The normalized spacial score (nSPS) is 20.3. The molecule has 1 aromatic carbocycles. The highest BCUT2D eigenvalue weighted by Crippen LogP contribution is 2.38. The molecule has 110 valence electrons. The summed E-state index contributed by atoms with van der Waals surface area (Å²) in [6, 6.07) is 13.9. The van der Waals surface area contributed by atoms with Crippen molar-refractivity contribution in [3.05, 3.63) is 83.6 Å². The van der Waals surface area contributed by atoms with Crippen LogP contribution < -0.4 is 0 Å². The average Bonchev–Trinajstić information content (AvgIpc) is 3.20. The minimum Gasteiger partial charge on any atom is -0.468 e. The third kappa shape index (κ3) is 2.13. The van der Waals surface area contributed by atoms with Crippen LogP contribution in [0.4, 0.5) is 0 Å². The Morgan fingerprint density at radius 1 is 1.14 bits per heavy atom. The monoisotopic (exact) mass is 293 g/mol. The minimum absolute atomic E-state index is 0.160. The lowest BCUT2D eigenvalue weighted by Gasteiger charge is -2.27. The number of ether oxygens (including phenoxy) is 1. The van der Waals surface area contributed by atoms with Crippen LogP contribution in [0.15, 0.2) is 76.7 Å². The van der Waals surface area contributed by atoms with E-state index in [2.05, 4.69) is 17.0 Å². The zero-order valence-electron chi connectivity index (χ0n) is 11.9. The van der Waals surface area contributed by atoms with E-state index in [0.717, 1.165) is 18.0 Å². The molecule has 3 heterocycles. The summed E-state index contributed by atoms with van der Waals surface area (Å²) < 4.78 is 10.7. The molecule has 4 nitrogen and oxygen atoms in total. The second-order valence-corrected chi connectivity index (χ2v) is 5.38. The Bertz CT molecular complexity index is 744. The van der Waals surface area contributed by atoms with Crippen molar-refractivity contribution in [1.29, 1.82) is 0 Å². The molecule has 4 rings (SSSR count). The fourth-order valence-corrected chi connectivity index (χ4v) is 2.96. The number of esters is 1. The molecule has 0 spiro atoms. The predicted octanol–water partition coefficient (Wildman–Crippen LogP) is 3.20. The Morgan fingerprint density at radius 3 is 2.77 bits per heavy atom. The van der Waals surface area contributed by atoms with Gasteiger partial charge in [-0.1, -0.05) is 36.4 Å². The highest BCUT2D eigenvalue weighted by molar-refractivity contribution is 5.94. The van der Waals surface area contributed by atoms with Crippen molar-refractivity contribution in [1.82, 2.24) is 4.90 Å². The first-order chi connectivity index (χ1) is 10.8. The molecule has 2 aliphatic heterocycles. The second kappa shape index (κ2) is 5.22. The molecule has 0 saturated heterocycles. The molecule has 1 aromatic heterocycles. The third-order valence-electron chi connectivity index (χ3n) is 4.03. The quantitative estimate of drug-likeness (QED) is 0.815. The molecular formula is C18H15NO3. The highest BCUT2D eigenvalue weighted by atomic mass is 16.5. The molecule has 0 radical (unpaired) electrons. The fraction of sp³-hybridized carbons (Fsp3) is 0.167. The van der Waals surface area contributed by atoms with Crippen molar-refractivity contribution in [2.24, 2.45) is 0 Å². The zero-order valence-corrected chi connectivity index (χ0v) is 11.9. The maximum Gasteiger partial charge on any atom is 0.337 e. The summed E-state index contributed by atoms with van der Waals surface area (Å²) in [5.41, 5.74) is 2.81. The van der Waals surface area contributed by atoms with Crippen molar-refractivity contribution in [3.63, 3.8) is 0 Å². The number of furan rings is 1. The molecule has 1 unspecified atom stereocenters. The lowest BCUT2D eigenvalue weighted by Crippen LogP contribution is -2.23. The molecule has 2 aromatic rings. The molecule has 4 heteroatoms. The number of carbonyl (C=O) groups excluding carboxylic acids is 1. The van der Waals surface area contributed by atoms with Crippen LogP contribution in [0.1, 0.15) is 17.2 Å². The van der Waals surface area contributed by atoms with Gasteiger partial charge in [0, 0.05) is 12.7 Å².